The quantitative estimate of drug-likeness (QED) is 0.620. The van der Waals surface area contributed by atoms with Gasteiger partial charge in [0.05, 0.1) is 6.10 Å². The van der Waals surface area contributed by atoms with Gasteiger partial charge in [-0.2, -0.15) is 11.8 Å². The highest BCUT2D eigenvalue weighted by Gasteiger charge is 2.20. The average molecular weight is 334 g/mol. The number of ether oxygens (including phenoxy) is 1. The molecule has 1 saturated heterocycles. The van der Waals surface area contributed by atoms with E-state index in [2.05, 4.69) is 45.6 Å². The summed E-state index contributed by atoms with van der Waals surface area (Å²) in [6, 6.07) is 8.31. The molecule has 1 aliphatic carbocycles. The van der Waals surface area contributed by atoms with E-state index in [9.17, 15) is 0 Å². The van der Waals surface area contributed by atoms with Gasteiger partial charge in [0.1, 0.15) is 5.75 Å². The van der Waals surface area contributed by atoms with Crippen LogP contribution in [0, 0.1) is 0 Å². The average Bonchev–Trinajstić information content (AvgIpc) is 3.05. The smallest absolute Gasteiger partial charge is 0.191 e. The maximum atomic E-state index is 6.09. The highest BCUT2D eigenvalue weighted by Crippen LogP contribution is 2.27. The van der Waals surface area contributed by atoms with Gasteiger partial charge in [-0.25, -0.2) is 0 Å². The van der Waals surface area contributed by atoms with Crippen molar-refractivity contribution < 1.29 is 4.74 Å². The number of hydrogen-bond donors (Lipinski definition) is 2. The molecular formula is C18H27N3OS. The van der Waals surface area contributed by atoms with Crippen LogP contribution in [0.5, 0.6) is 5.75 Å². The second-order valence-corrected chi connectivity index (χ2v) is 7.63. The number of para-hydroxylation sites is 1. The predicted molar refractivity (Wildman–Crippen MR) is 98.4 cm³/mol. The van der Waals surface area contributed by atoms with Crippen LogP contribution in [0.15, 0.2) is 29.3 Å². The van der Waals surface area contributed by atoms with Gasteiger partial charge in [0.2, 0.25) is 0 Å². The van der Waals surface area contributed by atoms with Crippen molar-refractivity contribution in [3.8, 4) is 5.75 Å². The molecule has 1 aliphatic heterocycles. The van der Waals surface area contributed by atoms with E-state index in [1.807, 2.05) is 13.1 Å². The Hall–Kier alpha value is -1.36. The van der Waals surface area contributed by atoms with Crippen LogP contribution in [-0.2, 0) is 6.54 Å². The Morgan fingerprint density at radius 3 is 2.78 bits per heavy atom. The van der Waals surface area contributed by atoms with Crippen molar-refractivity contribution in [2.24, 2.45) is 4.99 Å². The third-order valence-corrected chi connectivity index (χ3v) is 5.91. The molecule has 5 heteroatoms. The summed E-state index contributed by atoms with van der Waals surface area (Å²) in [6.07, 6.45) is 6.73. The Labute approximate surface area is 143 Å². The molecule has 1 saturated carbocycles. The van der Waals surface area contributed by atoms with E-state index in [0.29, 0.717) is 6.10 Å². The predicted octanol–water partition coefficient (Wildman–Crippen LogP) is 3.18. The van der Waals surface area contributed by atoms with Gasteiger partial charge in [-0.05, 0) is 43.9 Å². The number of guanidine groups is 1. The van der Waals surface area contributed by atoms with Gasteiger partial charge in [-0.1, -0.05) is 18.2 Å². The highest BCUT2D eigenvalue weighted by atomic mass is 32.2. The molecule has 3 rings (SSSR count). The van der Waals surface area contributed by atoms with E-state index >= 15 is 0 Å². The maximum Gasteiger partial charge on any atom is 0.191 e. The molecule has 2 N–H and O–H groups in total. The first-order valence-corrected chi connectivity index (χ1v) is 9.70. The van der Waals surface area contributed by atoms with E-state index < -0.39 is 0 Å². The van der Waals surface area contributed by atoms with E-state index in [-0.39, 0.29) is 0 Å². The molecule has 1 atom stereocenters. The van der Waals surface area contributed by atoms with E-state index in [1.54, 1.807) is 0 Å². The Morgan fingerprint density at radius 2 is 2.09 bits per heavy atom. The fourth-order valence-corrected chi connectivity index (χ4v) is 4.05. The lowest BCUT2D eigenvalue weighted by molar-refractivity contribution is 0.119. The van der Waals surface area contributed by atoms with Crippen LogP contribution in [-0.4, -0.2) is 36.7 Å². The van der Waals surface area contributed by atoms with Crippen molar-refractivity contribution in [3.05, 3.63) is 29.8 Å². The molecule has 1 aromatic carbocycles. The van der Waals surface area contributed by atoms with Gasteiger partial charge < -0.3 is 15.4 Å². The molecule has 4 nitrogen and oxygen atoms in total. The number of hydrogen-bond acceptors (Lipinski definition) is 3. The first kappa shape index (κ1) is 16.5. The molecule has 1 aromatic rings. The van der Waals surface area contributed by atoms with Crippen molar-refractivity contribution >= 4 is 17.7 Å². The minimum Gasteiger partial charge on any atom is -0.490 e. The Balaban J connectivity index is 1.49. The van der Waals surface area contributed by atoms with Crippen LogP contribution in [0.4, 0.5) is 0 Å². The van der Waals surface area contributed by atoms with Crippen LogP contribution < -0.4 is 15.4 Å². The van der Waals surface area contributed by atoms with Crippen LogP contribution in [0.2, 0.25) is 0 Å². The molecule has 0 aromatic heterocycles. The number of rotatable bonds is 6. The molecule has 126 valence electrons. The van der Waals surface area contributed by atoms with E-state index in [0.717, 1.165) is 30.0 Å². The molecule has 1 heterocycles. The number of nitrogens with one attached hydrogen (secondary N) is 2. The molecule has 0 radical (unpaired) electrons. The lowest BCUT2D eigenvalue weighted by atomic mass is 9.96. The summed E-state index contributed by atoms with van der Waals surface area (Å²) in [6.45, 7) is 1.73. The van der Waals surface area contributed by atoms with Crippen LogP contribution >= 0.6 is 11.8 Å². The molecule has 0 amide bonds. The van der Waals surface area contributed by atoms with Gasteiger partial charge in [-0.15, -0.1) is 0 Å². The number of benzene rings is 1. The molecule has 2 aliphatic rings. The van der Waals surface area contributed by atoms with Gasteiger partial charge in [-0.3, -0.25) is 4.99 Å². The second kappa shape index (κ2) is 8.48. The summed E-state index contributed by atoms with van der Waals surface area (Å²) in [4.78, 5) is 4.33. The Bertz CT molecular complexity index is 525. The molecule has 1 unspecified atom stereocenters. The zero-order valence-corrected chi connectivity index (χ0v) is 14.7. The monoisotopic (exact) mass is 333 g/mol. The third-order valence-electron chi connectivity index (χ3n) is 4.51. The lowest BCUT2D eigenvalue weighted by Crippen LogP contribution is -2.39. The zero-order valence-electron chi connectivity index (χ0n) is 13.9. The molecule has 0 spiro atoms. The van der Waals surface area contributed by atoms with Crippen molar-refractivity contribution in [2.75, 3.05) is 19.3 Å². The van der Waals surface area contributed by atoms with E-state index in [1.165, 1.54) is 43.4 Å². The standard InChI is InChI=1S/C18H27N3OS/c1-19-18(21-13-16-9-5-11-23-16)20-12-14-6-2-3-10-17(14)22-15-7-4-8-15/h2-3,6,10,15-16H,4-5,7-9,11-13H2,1H3,(H2,19,20,21). The van der Waals surface area contributed by atoms with E-state index in [4.69, 9.17) is 4.74 Å². The third kappa shape index (κ3) is 4.80. The van der Waals surface area contributed by atoms with Crippen molar-refractivity contribution in [2.45, 2.75) is 50.0 Å². The largest absolute Gasteiger partial charge is 0.490 e. The Kier molecular flexibility index (Phi) is 6.08. The highest BCUT2D eigenvalue weighted by molar-refractivity contribution is 8.00. The molecule has 23 heavy (non-hydrogen) atoms. The summed E-state index contributed by atoms with van der Waals surface area (Å²) in [7, 11) is 1.83. The Morgan fingerprint density at radius 1 is 1.22 bits per heavy atom. The fraction of sp³-hybridized carbons (Fsp3) is 0.611. The zero-order chi connectivity index (χ0) is 15.9. The summed E-state index contributed by atoms with van der Waals surface area (Å²) in [5, 5.41) is 7.58. The normalized spacial score (nSPS) is 21.8. The maximum absolute atomic E-state index is 6.09. The summed E-state index contributed by atoms with van der Waals surface area (Å²) in [5.74, 6) is 3.17. The van der Waals surface area contributed by atoms with Crippen LogP contribution in [0.25, 0.3) is 0 Å². The SMILES string of the molecule is CN=C(NCc1ccccc1OC1CCC1)NCC1CCCS1. The minimum atomic E-state index is 0.410. The van der Waals surface area contributed by atoms with Gasteiger partial charge in [0.25, 0.3) is 0 Å². The number of thioether (sulfide) groups is 1. The molecular weight excluding hydrogens is 306 g/mol. The number of aliphatic imine (C=N–C) groups is 1. The topological polar surface area (TPSA) is 45.7 Å². The second-order valence-electron chi connectivity index (χ2n) is 6.22. The van der Waals surface area contributed by atoms with Crippen molar-refractivity contribution in [3.63, 3.8) is 0 Å². The summed E-state index contributed by atoms with van der Waals surface area (Å²) in [5.41, 5.74) is 1.19. The first-order valence-electron chi connectivity index (χ1n) is 8.66. The van der Waals surface area contributed by atoms with Gasteiger partial charge >= 0.3 is 0 Å². The first-order chi connectivity index (χ1) is 11.3. The summed E-state index contributed by atoms with van der Waals surface area (Å²) < 4.78 is 6.09. The fourth-order valence-electron chi connectivity index (χ4n) is 2.85. The van der Waals surface area contributed by atoms with Gasteiger partial charge in [0, 0.05) is 31.0 Å². The van der Waals surface area contributed by atoms with Crippen molar-refractivity contribution in [1.82, 2.24) is 10.6 Å². The van der Waals surface area contributed by atoms with Crippen LogP contribution in [0.1, 0.15) is 37.7 Å². The lowest BCUT2D eigenvalue weighted by Gasteiger charge is -2.27. The molecule has 0 bridgehead atoms. The minimum absolute atomic E-state index is 0.410. The molecule has 2 fully saturated rings. The van der Waals surface area contributed by atoms with Crippen LogP contribution in [0.3, 0.4) is 0 Å². The van der Waals surface area contributed by atoms with Crippen molar-refractivity contribution in [1.29, 1.82) is 0 Å². The number of nitrogens with zero attached hydrogens (tertiary/aromatic N) is 1. The van der Waals surface area contributed by atoms with Gasteiger partial charge in [0.15, 0.2) is 5.96 Å². The summed E-state index contributed by atoms with van der Waals surface area (Å²) >= 11 is 2.06.